The van der Waals surface area contributed by atoms with Crippen molar-refractivity contribution >= 4 is 29.1 Å². The lowest BCUT2D eigenvalue weighted by Gasteiger charge is -2.12. The monoisotopic (exact) mass is 366 g/mol. The first-order valence-corrected chi connectivity index (χ1v) is 7.56. The van der Waals surface area contributed by atoms with E-state index in [1.165, 1.54) is 6.07 Å². The molecule has 0 aliphatic carbocycles. The number of hydrogen-bond acceptors (Lipinski definition) is 3. The van der Waals surface area contributed by atoms with Gasteiger partial charge in [0.15, 0.2) is 0 Å². The zero-order valence-corrected chi connectivity index (χ0v) is 13.9. The van der Waals surface area contributed by atoms with E-state index in [-0.39, 0.29) is 18.3 Å². The van der Waals surface area contributed by atoms with Crippen molar-refractivity contribution in [3.63, 3.8) is 0 Å². The van der Waals surface area contributed by atoms with Crippen LogP contribution in [0.4, 0.5) is 18.9 Å². The van der Waals surface area contributed by atoms with Gasteiger partial charge in [-0.25, -0.2) is 0 Å². The second kappa shape index (κ2) is 8.89. The normalized spacial score (nSPS) is 11.5. The summed E-state index contributed by atoms with van der Waals surface area (Å²) in [6.07, 6.45) is -4.08. The molecule has 1 aromatic carbocycles. The molecular formula is C15H18ClF3N2O3. The van der Waals surface area contributed by atoms with E-state index in [2.05, 4.69) is 10.6 Å². The summed E-state index contributed by atoms with van der Waals surface area (Å²) >= 11 is 5.48. The zero-order valence-electron chi connectivity index (χ0n) is 13.2. The first kappa shape index (κ1) is 20.2. The molecule has 2 amide bonds. The third-order valence-corrected chi connectivity index (χ3v) is 3.12. The highest BCUT2D eigenvalue weighted by Gasteiger charge is 2.33. The van der Waals surface area contributed by atoms with Gasteiger partial charge >= 0.3 is 18.0 Å². The highest BCUT2D eigenvalue weighted by molar-refractivity contribution is 6.39. The number of carbonyl (C=O) groups excluding carboxylic acids is 2. The molecule has 0 unspecified atom stereocenters. The van der Waals surface area contributed by atoms with Crippen LogP contribution in [0.1, 0.15) is 25.8 Å². The largest absolute Gasteiger partial charge is 0.417 e. The Labute approximate surface area is 142 Å². The molecule has 0 radical (unpaired) electrons. The predicted octanol–water partition coefficient (Wildman–Crippen LogP) is 3.23. The van der Waals surface area contributed by atoms with Gasteiger partial charge in [-0.1, -0.05) is 11.6 Å². The first-order chi connectivity index (χ1) is 11.1. The number of halogens is 4. The average molecular weight is 367 g/mol. The lowest BCUT2D eigenvalue weighted by molar-refractivity contribution is -0.137. The molecule has 1 aromatic rings. The molecule has 9 heteroatoms. The van der Waals surface area contributed by atoms with Crippen LogP contribution in [-0.4, -0.2) is 31.1 Å². The van der Waals surface area contributed by atoms with E-state index in [1.54, 1.807) is 0 Å². The quantitative estimate of drug-likeness (QED) is 0.600. The van der Waals surface area contributed by atoms with Crippen LogP contribution in [0.3, 0.4) is 0 Å². The van der Waals surface area contributed by atoms with Crippen molar-refractivity contribution in [1.82, 2.24) is 5.32 Å². The van der Waals surface area contributed by atoms with Crippen molar-refractivity contribution in [2.24, 2.45) is 0 Å². The fourth-order valence-electron chi connectivity index (χ4n) is 1.68. The lowest BCUT2D eigenvalue weighted by atomic mass is 10.2. The molecule has 1 rings (SSSR count). The van der Waals surface area contributed by atoms with Gasteiger partial charge < -0.3 is 15.4 Å². The summed E-state index contributed by atoms with van der Waals surface area (Å²) in [5.74, 6) is -2.00. The maximum absolute atomic E-state index is 12.7. The fourth-order valence-corrected chi connectivity index (χ4v) is 1.91. The van der Waals surface area contributed by atoms with Crippen molar-refractivity contribution < 1.29 is 27.5 Å². The van der Waals surface area contributed by atoms with Gasteiger partial charge in [-0.15, -0.1) is 0 Å². The number of rotatable bonds is 6. The van der Waals surface area contributed by atoms with Crippen LogP contribution in [0.25, 0.3) is 0 Å². The number of nitrogens with one attached hydrogen (secondary N) is 2. The minimum absolute atomic E-state index is 0.0664. The molecule has 0 spiro atoms. The Balaban J connectivity index is 2.54. The van der Waals surface area contributed by atoms with Gasteiger partial charge in [0, 0.05) is 18.8 Å². The van der Waals surface area contributed by atoms with E-state index < -0.39 is 28.6 Å². The van der Waals surface area contributed by atoms with E-state index in [9.17, 15) is 22.8 Å². The van der Waals surface area contributed by atoms with E-state index >= 15 is 0 Å². The number of ether oxygens (including phenoxy) is 1. The summed E-state index contributed by atoms with van der Waals surface area (Å²) in [4.78, 5) is 23.2. The molecule has 0 bridgehead atoms. The molecule has 5 nitrogen and oxygen atoms in total. The van der Waals surface area contributed by atoms with Crippen LogP contribution in [0, 0.1) is 0 Å². The Morgan fingerprint density at radius 1 is 1.25 bits per heavy atom. The van der Waals surface area contributed by atoms with Crippen LogP contribution in [0.15, 0.2) is 18.2 Å². The molecule has 0 fully saturated rings. The van der Waals surface area contributed by atoms with Crippen molar-refractivity contribution in [3.8, 4) is 0 Å². The Hall–Kier alpha value is -1.80. The maximum atomic E-state index is 12.7. The molecule has 134 valence electrons. The molecule has 0 aromatic heterocycles. The molecule has 24 heavy (non-hydrogen) atoms. The topological polar surface area (TPSA) is 67.4 Å². The van der Waals surface area contributed by atoms with Gasteiger partial charge in [0.2, 0.25) is 0 Å². The SMILES string of the molecule is CC(C)OCCCNC(=O)C(=O)Nc1ccc(Cl)c(C(F)(F)F)c1. The smallest absolute Gasteiger partial charge is 0.379 e. The van der Waals surface area contributed by atoms with Gasteiger partial charge in [0.05, 0.1) is 16.7 Å². The fraction of sp³-hybridized carbons (Fsp3) is 0.467. The van der Waals surface area contributed by atoms with Crippen LogP contribution in [0.2, 0.25) is 5.02 Å². The Morgan fingerprint density at radius 3 is 2.50 bits per heavy atom. The summed E-state index contributed by atoms with van der Waals surface area (Å²) < 4.78 is 43.5. The summed E-state index contributed by atoms with van der Waals surface area (Å²) in [7, 11) is 0. The highest BCUT2D eigenvalue weighted by atomic mass is 35.5. The zero-order chi connectivity index (χ0) is 18.3. The summed E-state index contributed by atoms with van der Waals surface area (Å²) in [6, 6.07) is 2.85. The number of alkyl halides is 3. The van der Waals surface area contributed by atoms with Crippen molar-refractivity contribution in [3.05, 3.63) is 28.8 Å². The van der Waals surface area contributed by atoms with E-state index in [4.69, 9.17) is 16.3 Å². The average Bonchev–Trinajstić information content (AvgIpc) is 2.47. The van der Waals surface area contributed by atoms with E-state index in [0.717, 1.165) is 6.07 Å². The molecule has 0 aliphatic heterocycles. The third kappa shape index (κ3) is 6.76. The van der Waals surface area contributed by atoms with Crippen molar-refractivity contribution in [2.75, 3.05) is 18.5 Å². The van der Waals surface area contributed by atoms with Crippen LogP contribution in [0.5, 0.6) is 0 Å². The van der Waals surface area contributed by atoms with Gasteiger partial charge in [-0.3, -0.25) is 9.59 Å². The van der Waals surface area contributed by atoms with Gasteiger partial charge in [-0.2, -0.15) is 13.2 Å². The maximum Gasteiger partial charge on any atom is 0.417 e. The highest BCUT2D eigenvalue weighted by Crippen LogP contribution is 2.36. The molecule has 0 saturated carbocycles. The first-order valence-electron chi connectivity index (χ1n) is 7.18. The number of carbonyl (C=O) groups is 2. The summed E-state index contributed by atoms with van der Waals surface area (Å²) in [5, 5.41) is 3.96. The number of amides is 2. The van der Waals surface area contributed by atoms with Crippen molar-refractivity contribution in [1.29, 1.82) is 0 Å². The Bertz CT molecular complexity index is 592. The molecule has 0 aliphatic rings. The molecule has 2 N–H and O–H groups in total. The summed E-state index contributed by atoms with van der Waals surface area (Å²) in [6.45, 7) is 4.37. The minimum Gasteiger partial charge on any atom is -0.379 e. The van der Waals surface area contributed by atoms with Gasteiger partial charge in [-0.05, 0) is 38.5 Å². The van der Waals surface area contributed by atoms with Crippen molar-refractivity contribution in [2.45, 2.75) is 32.5 Å². The van der Waals surface area contributed by atoms with Crippen LogP contribution >= 0.6 is 11.6 Å². The molecule has 0 heterocycles. The van der Waals surface area contributed by atoms with Gasteiger partial charge in [0.25, 0.3) is 0 Å². The number of hydrogen-bond donors (Lipinski definition) is 2. The van der Waals surface area contributed by atoms with Crippen LogP contribution < -0.4 is 10.6 Å². The minimum atomic E-state index is -4.66. The summed E-state index contributed by atoms with van der Waals surface area (Å²) in [5.41, 5.74) is -1.26. The third-order valence-electron chi connectivity index (χ3n) is 2.79. The Morgan fingerprint density at radius 2 is 1.92 bits per heavy atom. The van der Waals surface area contributed by atoms with E-state index in [1.807, 2.05) is 13.8 Å². The lowest BCUT2D eigenvalue weighted by Crippen LogP contribution is -2.36. The van der Waals surface area contributed by atoms with Gasteiger partial charge in [0.1, 0.15) is 0 Å². The molecule has 0 saturated heterocycles. The number of anilines is 1. The van der Waals surface area contributed by atoms with Crippen LogP contribution in [-0.2, 0) is 20.5 Å². The predicted molar refractivity (Wildman–Crippen MR) is 83.8 cm³/mol. The second-order valence-corrected chi connectivity index (χ2v) is 5.58. The number of benzene rings is 1. The molecular weight excluding hydrogens is 349 g/mol. The standard InChI is InChI=1S/C15H18ClF3N2O3/c1-9(2)24-7-3-6-20-13(22)14(23)21-10-4-5-12(16)11(8-10)15(17,18)19/h4-5,8-9H,3,6-7H2,1-2H3,(H,20,22)(H,21,23). The Kier molecular flexibility index (Phi) is 7.50. The molecule has 0 atom stereocenters. The van der Waals surface area contributed by atoms with E-state index in [0.29, 0.717) is 19.1 Å². The second-order valence-electron chi connectivity index (χ2n) is 5.18.